The van der Waals surface area contributed by atoms with Crippen molar-refractivity contribution in [2.75, 3.05) is 45.8 Å². The van der Waals surface area contributed by atoms with E-state index in [9.17, 15) is 4.79 Å². The zero-order valence-electron chi connectivity index (χ0n) is 16.5. The molecular formula is C22H30N4O. The number of benzene rings is 1. The van der Waals surface area contributed by atoms with Crippen molar-refractivity contribution in [3.63, 3.8) is 0 Å². The average molecular weight is 367 g/mol. The number of hydrogen-bond donors (Lipinski definition) is 0. The fraction of sp³-hybridized carbons (Fsp3) is 0.500. The van der Waals surface area contributed by atoms with Crippen molar-refractivity contribution >= 4 is 5.91 Å². The Hall–Kier alpha value is -2.11. The number of carbonyl (C=O) groups is 1. The molecule has 1 unspecified atom stereocenters. The third-order valence-corrected chi connectivity index (χ3v) is 6.04. The van der Waals surface area contributed by atoms with Crippen molar-refractivity contribution in [1.82, 2.24) is 19.3 Å². The van der Waals surface area contributed by atoms with E-state index in [1.54, 1.807) is 0 Å². The van der Waals surface area contributed by atoms with Crippen molar-refractivity contribution in [3.05, 3.63) is 59.4 Å². The molecule has 0 saturated carbocycles. The van der Waals surface area contributed by atoms with Crippen LogP contribution in [0.3, 0.4) is 0 Å². The summed E-state index contributed by atoms with van der Waals surface area (Å²) < 4.78 is 2.32. The van der Waals surface area contributed by atoms with Crippen molar-refractivity contribution in [2.24, 2.45) is 0 Å². The monoisotopic (exact) mass is 366 g/mol. The van der Waals surface area contributed by atoms with E-state index in [4.69, 9.17) is 0 Å². The van der Waals surface area contributed by atoms with E-state index in [0.717, 1.165) is 45.8 Å². The summed E-state index contributed by atoms with van der Waals surface area (Å²) >= 11 is 0. The third kappa shape index (κ3) is 3.80. The lowest BCUT2D eigenvalue weighted by molar-refractivity contribution is -0.134. The number of hydrogen-bond acceptors (Lipinski definition) is 3. The summed E-state index contributed by atoms with van der Waals surface area (Å²) in [6.07, 6.45) is 2.15. The SMILES string of the molecule is CCN1CCN(C(=O)CN2CCn3cccc3C2c2ccc(C)cc2)CC1. The van der Waals surface area contributed by atoms with Crippen molar-refractivity contribution < 1.29 is 4.79 Å². The Balaban J connectivity index is 1.52. The molecule has 0 radical (unpaired) electrons. The fourth-order valence-electron chi connectivity index (χ4n) is 4.32. The predicted octanol–water partition coefficient (Wildman–Crippen LogP) is 2.37. The van der Waals surface area contributed by atoms with Crippen LogP contribution in [0, 0.1) is 6.92 Å². The van der Waals surface area contributed by atoms with Crippen LogP contribution < -0.4 is 0 Å². The smallest absolute Gasteiger partial charge is 0.236 e. The topological polar surface area (TPSA) is 31.7 Å². The van der Waals surface area contributed by atoms with Gasteiger partial charge in [0.2, 0.25) is 5.91 Å². The molecule has 5 heteroatoms. The number of nitrogens with zero attached hydrogens (tertiary/aromatic N) is 4. The second-order valence-electron chi connectivity index (χ2n) is 7.73. The van der Waals surface area contributed by atoms with Gasteiger partial charge >= 0.3 is 0 Å². The minimum atomic E-state index is 0.148. The van der Waals surface area contributed by atoms with Crippen LogP contribution in [-0.4, -0.2) is 71.0 Å². The molecule has 5 nitrogen and oxygen atoms in total. The van der Waals surface area contributed by atoms with Crippen LogP contribution in [0.5, 0.6) is 0 Å². The van der Waals surface area contributed by atoms with E-state index in [0.29, 0.717) is 6.54 Å². The molecule has 0 bridgehead atoms. The number of likely N-dealkylation sites (N-methyl/N-ethyl adjacent to an activating group) is 1. The highest BCUT2D eigenvalue weighted by Crippen LogP contribution is 2.32. The maximum Gasteiger partial charge on any atom is 0.236 e. The standard InChI is InChI=1S/C22H30N4O/c1-3-23-11-13-25(14-12-23)21(27)17-26-16-15-24-10-4-5-20(24)22(26)19-8-6-18(2)7-9-19/h4-10,22H,3,11-17H2,1-2H3. The van der Waals surface area contributed by atoms with Gasteiger partial charge in [-0.05, 0) is 31.2 Å². The van der Waals surface area contributed by atoms with E-state index in [2.05, 4.69) is 70.8 Å². The molecule has 2 aromatic rings. The highest BCUT2D eigenvalue weighted by Gasteiger charge is 2.31. The maximum absolute atomic E-state index is 13.0. The zero-order chi connectivity index (χ0) is 18.8. The average Bonchev–Trinajstić information content (AvgIpc) is 3.17. The van der Waals surface area contributed by atoms with Gasteiger partial charge in [-0.3, -0.25) is 9.69 Å². The van der Waals surface area contributed by atoms with E-state index < -0.39 is 0 Å². The molecule has 0 N–H and O–H groups in total. The van der Waals surface area contributed by atoms with E-state index in [1.165, 1.54) is 16.8 Å². The van der Waals surface area contributed by atoms with Crippen LogP contribution in [0.15, 0.2) is 42.6 Å². The van der Waals surface area contributed by atoms with E-state index in [-0.39, 0.29) is 11.9 Å². The van der Waals surface area contributed by atoms with Gasteiger partial charge in [0.05, 0.1) is 12.6 Å². The molecule has 1 aromatic heterocycles. The van der Waals surface area contributed by atoms with Gasteiger partial charge in [0.15, 0.2) is 0 Å². The summed E-state index contributed by atoms with van der Waals surface area (Å²) in [7, 11) is 0. The Kier molecular flexibility index (Phi) is 5.32. The van der Waals surface area contributed by atoms with Crippen LogP contribution in [0.25, 0.3) is 0 Å². The molecule has 0 aliphatic carbocycles. The van der Waals surface area contributed by atoms with Crippen molar-refractivity contribution in [1.29, 1.82) is 0 Å². The summed E-state index contributed by atoms with van der Waals surface area (Å²) in [5.41, 5.74) is 3.82. The van der Waals surface area contributed by atoms with Gasteiger partial charge in [-0.15, -0.1) is 0 Å². The van der Waals surface area contributed by atoms with E-state index >= 15 is 0 Å². The van der Waals surface area contributed by atoms with Crippen LogP contribution in [0.2, 0.25) is 0 Å². The van der Waals surface area contributed by atoms with Crippen LogP contribution >= 0.6 is 0 Å². The Morgan fingerprint density at radius 1 is 1.00 bits per heavy atom. The molecule has 0 spiro atoms. The Morgan fingerprint density at radius 2 is 1.74 bits per heavy atom. The number of aromatic nitrogens is 1. The number of rotatable bonds is 4. The molecule has 2 aliphatic rings. The van der Waals surface area contributed by atoms with Gasteiger partial charge in [0.25, 0.3) is 0 Å². The quantitative estimate of drug-likeness (QED) is 0.833. The first kappa shape index (κ1) is 18.3. The van der Waals surface area contributed by atoms with Gasteiger partial charge in [0, 0.05) is 51.2 Å². The summed E-state index contributed by atoms with van der Waals surface area (Å²) in [6.45, 7) is 11.4. The van der Waals surface area contributed by atoms with Crippen molar-refractivity contribution in [2.45, 2.75) is 26.4 Å². The molecule has 1 fully saturated rings. The lowest BCUT2D eigenvalue weighted by atomic mass is 9.99. The molecule has 1 saturated heterocycles. The lowest BCUT2D eigenvalue weighted by Crippen LogP contribution is -2.52. The number of fused-ring (bicyclic) bond motifs is 1. The number of aryl methyl sites for hydroxylation is 1. The minimum absolute atomic E-state index is 0.148. The number of amides is 1. The Labute approximate surface area is 162 Å². The first-order valence-corrected chi connectivity index (χ1v) is 10.1. The molecule has 1 amide bonds. The van der Waals surface area contributed by atoms with Crippen molar-refractivity contribution in [3.8, 4) is 0 Å². The van der Waals surface area contributed by atoms with Crippen LogP contribution in [0.1, 0.15) is 29.8 Å². The largest absolute Gasteiger partial charge is 0.348 e. The molecule has 144 valence electrons. The van der Waals surface area contributed by atoms with Crippen LogP contribution in [-0.2, 0) is 11.3 Å². The summed E-state index contributed by atoms with van der Waals surface area (Å²) in [5.74, 6) is 0.267. The van der Waals surface area contributed by atoms with Gasteiger partial charge in [-0.25, -0.2) is 0 Å². The molecule has 3 heterocycles. The summed E-state index contributed by atoms with van der Waals surface area (Å²) in [5, 5.41) is 0. The third-order valence-electron chi connectivity index (χ3n) is 6.04. The summed E-state index contributed by atoms with van der Waals surface area (Å²) in [6, 6.07) is 13.2. The Bertz CT molecular complexity index is 774. The minimum Gasteiger partial charge on any atom is -0.348 e. The van der Waals surface area contributed by atoms with Gasteiger partial charge < -0.3 is 14.4 Å². The first-order valence-electron chi connectivity index (χ1n) is 10.1. The van der Waals surface area contributed by atoms with E-state index in [1.807, 2.05) is 4.90 Å². The lowest BCUT2D eigenvalue weighted by Gasteiger charge is -2.39. The predicted molar refractivity (Wildman–Crippen MR) is 108 cm³/mol. The second kappa shape index (κ2) is 7.87. The molecule has 1 atom stereocenters. The zero-order valence-corrected chi connectivity index (χ0v) is 16.5. The highest BCUT2D eigenvalue weighted by atomic mass is 16.2. The molecule has 4 rings (SSSR count). The first-order chi connectivity index (χ1) is 13.2. The Morgan fingerprint density at radius 3 is 2.44 bits per heavy atom. The maximum atomic E-state index is 13.0. The van der Waals surface area contributed by atoms with Crippen LogP contribution in [0.4, 0.5) is 0 Å². The molecule has 27 heavy (non-hydrogen) atoms. The molecular weight excluding hydrogens is 336 g/mol. The number of carbonyl (C=O) groups excluding carboxylic acids is 1. The highest BCUT2D eigenvalue weighted by molar-refractivity contribution is 5.78. The molecule has 2 aliphatic heterocycles. The summed E-state index contributed by atoms with van der Waals surface area (Å²) in [4.78, 5) is 19.8. The second-order valence-corrected chi connectivity index (χ2v) is 7.73. The number of piperazine rings is 1. The van der Waals surface area contributed by atoms with Gasteiger partial charge in [-0.1, -0.05) is 36.8 Å². The molecule has 1 aromatic carbocycles. The normalized spacial score (nSPS) is 21.3. The van der Waals surface area contributed by atoms with Gasteiger partial charge in [0.1, 0.15) is 0 Å². The fourth-order valence-corrected chi connectivity index (χ4v) is 4.32. The van der Waals surface area contributed by atoms with Gasteiger partial charge in [-0.2, -0.15) is 0 Å².